The maximum absolute atomic E-state index is 12.5. The molecule has 1 fully saturated rings. The number of aliphatic hydroxyl groups excluding tert-OH is 1. The van der Waals surface area contributed by atoms with E-state index in [2.05, 4.69) is 5.32 Å². The second kappa shape index (κ2) is 5.74. The summed E-state index contributed by atoms with van der Waals surface area (Å²) in [5, 5.41) is 12.3. The summed E-state index contributed by atoms with van der Waals surface area (Å²) in [6, 6.07) is 5.29. The minimum Gasteiger partial charge on any atom is -0.396 e. The Bertz CT molecular complexity index is 437. The van der Waals surface area contributed by atoms with Crippen molar-refractivity contribution in [3.05, 3.63) is 35.4 Å². The van der Waals surface area contributed by atoms with Gasteiger partial charge in [-0.1, -0.05) is 12.1 Å². The Balaban J connectivity index is 1.91. The molecule has 0 heterocycles. The van der Waals surface area contributed by atoms with Crippen LogP contribution < -0.4 is 5.32 Å². The first kappa shape index (κ1) is 15.3. The zero-order valence-electron chi connectivity index (χ0n) is 11.5. The van der Waals surface area contributed by atoms with Gasteiger partial charge in [0, 0.05) is 19.2 Å². The Kier molecular flexibility index (Phi) is 4.39. The predicted octanol–water partition coefficient (Wildman–Crippen LogP) is 3.52. The van der Waals surface area contributed by atoms with Gasteiger partial charge in [0.25, 0.3) is 0 Å². The van der Waals surface area contributed by atoms with Crippen molar-refractivity contribution in [2.45, 2.75) is 38.4 Å². The van der Waals surface area contributed by atoms with Crippen LogP contribution in [0.3, 0.4) is 0 Å². The third-order valence-electron chi connectivity index (χ3n) is 4.12. The molecule has 2 N–H and O–H groups in total. The van der Waals surface area contributed by atoms with E-state index in [-0.39, 0.29) is 18.1 Å². The zero-order valence-corrected chi connectivity index (χ0v) is 11.5. The van der Waals surface area contributed by atoms with Gasteiger partial charge in [0.05, 0.1) is 5.56 Å². The standard InChI is InChI=1S/C15H20F3NO/c1-11(19-10-14(6-7-14)8-9-20)12-2-4-13(5-3-12)15(16,17)18/h2-5,11,19-20H,6-10H2,1H3. The van der Waals surface area contributed by atoms with Crippen LogP contribution in [-0.4, -0.2) is 18.3 Å². The van der Waals surface area contributed by atoms with E-state index in [0.29, 0.717) is 0 Å². The summed E-state index contributed by atoms with van der Waals surface area (Å²) in [4.78, 5) is 0. The van der Waals surface area contributed by atoms with Crippen LogP contribution in [0.2, 0.25) is 0 Å². The summed E-state index contributed by atoms with van der Waals surface area (Å²) in [5.74, 6) is 0. The molecule has 0 aromatic heterocycles. The number of hydrogen-bond donors (Lipinski definition) is 2. The molecule has 1 atom stereocenters. The van der Waals surface area contributed by atoms with Gasteiger partial charge >= 0.3 is 6.18 Å². The van der Waals surface area contributed by atoms with Gasteiger partial charge in [0.2, 0.25) is 0 Å². The van der Waals surface area contributed by atoms with E-state index in [1.54, 1.807) is 0 Å². The smallest absolute Gasteiger partial charge is 0.396 e. The summed E-state index contributed by atoms with van der Waals surface area (Å²) in [6.07, 6.45) is -1.27. The fourth-order valence-electron chi connectivity index (χ4n) is 2.38. The SMILES string of the molecule is CC(NCC1(CCO)CC1)c1ccc(C(F)(F)F)cc1. The van der Waals surface area contributed by atoms with Gasteiger partial charge < -0.3 is 10.4 Å². The van der Waals surface area contributed by atoms with Crippen LogP contribution in [0.15, 0.2) is 24.3 Å². The molecule has 20 heavy (non-hydrogen) atoms. The molecule has 1 aromatic rings. The first-order valence-electron chi connectivity index (χ1n) is 6.88. The molecule has 1 aliphatic rings. The second-order valence-electron chi connectivity index (χ2n) is 5.70. The van der Waals surface area contributed by atoms with Gasteiger partial charge in [-0.15, -0.1) is 0 Å². The summed E-state index contributed by atoms with van der Waals surface area (Å²) in [7, 11) is 0. The van der Waals surface area contributed by atoms with Crippen molar-refractivity contribution >= 4 is 0 Å². The zero-order chi connectivity index (χ0) is 14.8. The van der Waals surface area contributed by atoms with Crippen molar-refractivity contribution in [3.8, 4) is 0 Å². The minimum absolute atomic E-state index is 0.00783. The second-order valence-corrected chi connectivity index (χ2v) is 5.70. The maximum Gasteiger partial charge on any atom is 0.416 e. The van der Waals surface area contributed by atoms with E-state index < -0.39 is 11.7 Å². The molecule has 1 aromatic carbocycles. The number of aliphatic hydroxyl groups is 1. The van der Waals surface area contributed by atoms with Gasteiger partial charge in [0.15, 0.2) is 0 Å². The Morgan fingerprint density at radius 2 is 1.85 bits per heavy atom. The van der Waals surface area contributed by atoms with Crippen LogP contribution in [0.4, 0.5) is 13.2 Å². The van der Waals surface area contributed by atoms with E-state index in [9.17, 15) is 13.2 Å². The molecular weight excluding hydrogens is 267 g/mol. The molecule has 0 bridgehead atoms. The third-order valence-corrected chi connectivity index (χ3v) is 4.12. The molecule has 1 aliphatic carbocycles. The molecule has 2 nitrogen and oxygen atoms in total. The lowest BCUT2D eigenvalue weighted by molar-refractivity contribution is -0.137. The number of alkyl halides is 3. The van der Waals surface area contributed by atoms with Crippen molar-refractivity contribution in [2.24, 2.45) is 5.41 Å². The molecule has 0 aliphatic heterocycles. The fourth-order valence-corrected chi connectivity index (χ4v) is 2.38. The normalized spacial score (nSPS) is 18.9. The minimum atomic E-state index is -4.28. The van der Waals surface area contributed by atoms with Crippen molar-refractivity contribution in [1.29, 1.82) is 0 Å². The number of halogens is 3. The predicted molar refractivity (Wildman–Crippen MR) is 71.2 cm³/mol. The number of rotatable bonds is 6. The lowest BCUT2D eigenvalue weighted by atomic mass is 10.0. The topological polar surface area (TPSA) is 32.3 Å². The highest BCUT2D eigenvalue weighted by molar-refractivity contribution is 5.26. The first-order valence-corrected chi connectivity index (χ1v) is 6.88. The van der Waals surface area contributed by atoms with E-state index in [1.165, 1.54) is 12.1 Å². The van der Waals surface area contributed by atoms with Gasteiger partial charge in [-0.2, -0.15) is 13.2 Å². The largest absolute Gasteiger partial charge is 0.416 e. The Hall–Kier alpha value is -1.07. The fraction of sp³-hybridized carbons (Fsp3) is 0.600. The van der Waals surface area contributed by atoms with E-state index in [1.807, 2.05) is 6.92 Å². The van der Waals surface area contributed by atoms with E-state index >= 15 is 0 Å². The Morgan fingerprint density at radius 1 is 1.25 bits per heavy atom. The van der Waals surface area contributed by atoms with Gasteiger partial charge in [-0.05, 0) is 49.3 Å². The summed E-state index contributed by atoms with van der Waals surface area (Å²) in [5.41, 5.74) is 0.430. The van der Waals surface area contributed by atoms with E-state index in [4.69, 9.17) is 5.11 Å². The molecule has 0 saturated heterocycles. The molecule has 1 saturated carbocycles. The van der Waals surface area contributed by atoms with Crippen molar-refractivity contribution < 1.29 is 18.3 Å². The van der Waals surface area contributed by atoms with E-state index in [0.717, 1.165) is 43.5 Å². The van der Waals surface area contributed by atoms with Gasteiger partial charge in [0.1, 0.15) is 0 Å². The van der Waals surface area contributed by atoms with Crippen molar-refractivity contribution in [2.75, 3.05) is 13.2 Å². The first-order chi connectivity index (χ1) is 9.36. The molecule has 2 rings (SSSR count). The Labute approximate surface area is 117 Å². The highest BCUT2D eigenvalue weighted by Crippen LogP contribution is 2.48. The molecular formula is C15H20F3NO. The summed E-state index contributed by atoms with van der Waals surface area (Å²) in [6.45, 7) is 2.93. The number of nitrogens with one attached hydrogen (secondary N) is 1. The molecule has 112 valence electrons. The Morgan fingerprint density at radius 3 is 2.30 bits per heavy atom. The molecule has 0 amide bonds. The molecule has 5 heteroatoms. The van der Waals surface area contributed by atoms with Crippen LogP contribution in [0.1, 0.15) is 43.4 Å². The monoisotopic (exact) mass is 287 g/mol. The molecule has 1 unspecified atom stereocenters. The quantitative estimate of drug-likeness (QED) is 0.839. The van der Waals surface area contributed by atoms with Crippen LogP contribution >= 0.6 is 0 Å². The lowest BCUT2D eigenvalue weighted by Gasteiger charge is -2.20. The third kappa shape index (κ3) is 3.73. The van der Waals surface area contributed by atoms with Crippen LogP contribution in [0.25, 0.3) is 0 Å². The van der Waals surface area contributed by atoms with Crippen LogP contribution in [0.5, 0.6) is 0 Å². The average Bonchev–Trinajstić information content (AvgIpc) is 3.16. The summed E-state index contributed by atoms with van der Waals surface area (Å²) < 4.78 is 37.4. The molecule has 0 radical (unpaired) electrons. The van der Waals surface area contributed by atoms with Gasteiger partial charge in [-0.25, -0.2) is 0 Å². The van der Waals surface area contributed by atoms with Crippen LogP contribution in [0, 0.1) is 5.41 Å². The molecule has 0 spiro atoms. The number of hydrogen-bond acceptors (Lipinski definition) is 2. The van der Waals surface area contributed by atoms with Gasteiger partial charge in [-0.3, -0.25) is 0 Å². The van der Waals surface area contributed by atoms with Crippen molar-refractivity contribution in [1.82, 2.24) is 5.32 Å². The summed E-state index contributed by atoms with van der Waals surface area (Å²) >= 11 is 0. The maximum atomic E-state index is 12.5. The highest BCUT2D eigenvalue weighted by atomic mass is 19.4. The number of benzene rings is 1. The van der Waals surface area contributed by atoms with Crippen LogP contribution in [-0.2, 0) is 6.18 Å². The highest BCUT2D eigenvalue weighted by Gasteiger charge is 2.41. The lowest BCUT2D eigenvalue weighted by Crippen LogP contribution is -2.27. The van der Waals surface area contributed by atoms with Crippen molar-refractivity contribution in [3.63, 3.8) is 0 Å². The average molecular weight is 287 g/mol.